The van der Waals surface area contributed by atoms with Crippen molar-refractivity contribution in [3.8, 4) is 5.75 Å². The minimum Gasteiger partial charge on any atom is -0.496 e. The molecule has 1 aliphatic rings. The van der Waals surface area contributed by atoms with E-state index in [1.165, 1.54) is 10.2 Å². The first-order valence-electron chi connectivity index (χ1n) is 9.21. The Balaban J connectivity index is 1.65. The third-order valence-corrected chi connectivity index (χ3v) is 4.93. The summed E-state index contributed by atoms with van der Waals surface area (Å²) in [6.07, 6.45) is 3.94. The predicted octanol–water partition coefficient (Wildman–Crippen LogP) is 2.50. The summed E-state index contributed by atoms with van der Waals surface area (Å²) < 4.78 is 12.2. The van der Waals surface area contributed by atoms with Gasteiger partial charge in [0.15, 0.2) is 0 Å². The average molecular weight is 373 g/mol. The molecule has 0 radical (unpaired) electrons. The first-order valence-corrected chi connectivity index (χ1v) is 9.21. The summed E-state index contributed by atoms with van der Waals surface area (Å²) in [5, 5.41) is 13.4. The van der Waals surface area contributed by atoms with Crippen LogP contribution >= 0.6 is 0 Å². The fourth-order valence-corrected chi connectivity index (χ4v) is 3.72. The highest BCUT2D eigenvalue weighted by Gasteiger charge is 2.23. The molecule has 1 N–H and O–H groups in total. The summed E-state index contributed by atoms with van der Waals surface area (Å²) in [6, 6.07) is 8.19. The second kappa shape index (κ2) is 9.01. The topological polar surface area (TPSA) is 76.8 Å². The number of benzene rings is 1. The van der Waals surface area contributed by atoms with Gasteiger partial charge in [0.25, 0.3) is 0 Å². The van der Waals surface area contributed by atoms with E-state index in [2.05, 4.69) is 22.1 Å². The average Bonchev–Trinajstić information content (AvgIpc) is 3.10. The zero-order chi connectivity index (χ0) is 19.2. The molecular weight excluding hydrogens is 346 g/mol. The Labute approximate surface area is 159 Å². The van der Waals surface area contributed by atoms with Crippen molar-refractivity contribution in [3.05, 3.63) is 47.3 Å². The van der Waals surface area contributed by atoms with Gasteiger partial charge in [-0.05, 0) is 43.1 Å². The number of nitrogens with zero attached hydrogens (tertiary/aromatic N) is 3. The number of carboxylic acid groups (broad SMARTS) is 1. The van der Waals surface area contributed by atoms with Gasteiger partial charge in [0, 0.05) is 37.9 Å². The molecule has 2 aromatic rings. The molecule has 1 saturated heterocycles. The Kier molecular flexibility index (Phi) is 6.47. The number of aliphatic carboxylic acids is 1. The van der Waals surface area contributed by atoms with Crippen LogP contribution in [-0.4, -0.2) is 53.1 Å². The van der Waals surface area contributed by atoms with Gasteiger partial charge in [-0.1, -0.05) is 6.07 Å². The van der Waals surface area contributed by atoms with Gasteiger partial charge in [-0.15, -0.1) is 0 Å². The highest BCUT2D eigenvalue weighted by molar-refractivity contribution is 5.66. The number of aromatic nitrogens is 2. The highest BCUT2D eigenvalue weighted by atomic mass is 16.5. The third-order valence-electron chi connectivity index (χ3n) is 4.93. The Morgan fingerprint density at radius 1 is 1.33 bits per heavy atom. The number of ether oxygens (including phenoxy) is 2. The van der Waals surface area contributed by atoms with Crippen molar-refractivity contribution in [2.24, 2.45) is 0 Å². The van der Waals surface area contributed by atoms with Crippen molar-refractivity contribution in [2.75, 3.05) is 27.3 Å². The fourth-order valence-electron chi connectivity index (χ4n) is 3.72. The van der Waals surface area contributed by atoms with Crippen LogP contribution in [0.3, 0.4) is 0 Å². The molecule has 0 bridgehead atoms. The number of likely N-dealkylation sites (tertiary alicyclic amines) is 1. The van der Waals surface area contributed by atoms with Crippen LogP contribution in [0.2, 0.25) is 0 Å². The molecule has 1 aliphatic heterocycles. The Morgan fingerprint density at radius 2 is 2.19 bits per heavy atom. The van der Waals surface area contributed by atoms with E-state index in [-0.39, 0.29) is 6.54 Å². The molecule has 0 amide bonds. The largest absolute Gasteiger partial charge is 0.496 e. The zero-order valence-corrected chi connectivity index (χ0v) is 15.9. The van der Waals surface area contributed by atoms with E-state index in [9.17, 15) is 4.79 Å². The van der Waals surface area contributed by atoms with Crippen LogP contribution in [0.5, 0.6) is 5.75 Å². The summed E-state index contributed by atoms with van der Waals surface area (Å²) in [7, 11) is 3.36. The monoisotopic (exact) mass is 373 g/mol. The molecule has 1 fully saturated rings. The van der Waals surface area contributed by atoms with Gasteiger partial charge in [-0.2, -0.15) is 5.10 Å². The van der Waals surface area contributed by atoms with Crippen LogP contribution in [0.1, 0.15) is 35.6 Å². The third kappa shape index (κ3) is 5.08. The van der Waals surface area contributed by atoms with Gasteiger partial charge in [0.05, 0.1) is 19.4 Å². The maximum atomic E-state index is 10.8. The summed E-state index contributed by atoms with van der Waals surface area (Å²) in [4.78, 5) is 13.3. The van der Waals surface area contributed by atoms with E-state index in [0.717, 1.165) is 49.5 Å². The van der Waals surface area contributed by atoms with Crippen LogP contribution < -0.4 is 4.74 Å². The van der Waals surface area contributed by atoms with Crippen LogP contribution in [0.25, 0.3) is 0 Å². The first kappa shape index (κ1) is 19.4. The predicted molar refractivity (Wildman–Crippen MR) is 101 cm³/mol. The molecule has 7 nitrogen and oxygen atoms in total. The molecule has 1 aromatic carbocycles. The smallest absolute Gasteiger partial charge is 0.325 e. The Morgan fingerprint density at radius 3 is 2.93 bits per heavy atom. The standard InChI is InChI=1S/C20H27N3O4/c1-26-14-17-10-15(5-6-19(17)27-2)11-22-8-3-4-16(12-22)18-7-9-23(21-18)13-20(24)25/h5-7,9-10,16H,3-4,8,11-14H2,1-2H3,(H,24,25). The number of methoxy groups -OCH3 is 2. The summed E-state index contributed by atoms with van der Waals surface area (Å²) in [5.74, 6) is 0.313. The van der Waals surface area contributed by atoms with Gasteiger partial charge in [0.2, 0.25) is 0 Å². The number of carbonyl (C=O) groups is 1. The maximum Gasteiger partial charge on any atom is 0.325 e. The van der Waals surface area contributed by atoms with Crippen LogP contribution in [0.15, 0.2) is 30.5 Å². The molecule has 0 aliphatic carbocycles. The van der Waals surface area contributed by atoms with E-state index in [4.69, 9.17) is 14.6 Å². The maximum absolute atomic E-state index is 10.8. The number of rotatable bonds is 8. The van der Waals surface area contributed by atoms with Gasteiger partial charge >= 0.3 is 5.97 Å². The van der Waals surface area contributed by atoms with Crippen LogP contribution in [0, 0.1) is 0 Å². The lowest BCUT2D eigenvalue weighted by Gasteiger charge is -2.32. The number of piperidine rings is 1. The highest BCUT2D eigenvalue weighted by Crippen LogP contribution is 2.28. The van der Waals surface area contributed by atoms with Crippen molar-refractivity contribution in [2.45, 2.75) is 38.5 Å². The second-order valence-corrected chi connectivity index (χ2v) is 6.99. The zero-order valence-electron chi connectivity index (χ0n) is 15.9. The SMILES string of the molecule is COCc1cc(CN2CCCC(c3ccn(CC(=O)O)n3)C2)ccc1OC. The van der Waals surface area contributed by atoms with Gasteiger partial charge in [0.1, 0.15) is 12.3 Å². The molecule has 2 heterocycles. The molecule has 7 heteroatoms. The Hall–Kier alpha value is -2.38. The van der Waals surface area contributed by atoms with E-state index < -0.39 is 5.97 Å². The van der Waals surface area contributed by atoms with Crippen molar-refractivity contribution in [3.63, 3.8) is 0 Å². The fraction of sp³-hybridized carbons (Fsp3) is 0.500. The second-order valence-electron chi connectivity index (χ2n) is 6.99. The number of carboxylic acids is 1. The lowest BCUT2D eigenvalue weighted by atomic mass is 9.94. The minimum absolute atomic E-state index is 0.0927. The van der Waals surface area contributed by atoms with E-state index in [1.54, 1.807) is 20.4 Å². The first-order chi connectivity index (χ1) is 13.1. The summed E-state index contributed by atoms with van der Waals surface area (Å²) >= 11 is 0. The molecule has 146 valence electrons. The van der Waals surface area contributed by atoms with Crippen molar-refractivity contribution < 1.29 is 19.4 Å². The van der Waals surface area contributed by atoms with Gasteiger partial charge in [-0.3, -0.25) is 14.4 Å². The van der Waals surface area contributed by atoms with Crippen molar-refractivity contribution in [1.29, 1.82) is 0 Å². The van der Waals surface area contributed by atoms with Crippen molar-refractivity contribution in [1.82, 2.24) is 14.7 Å². The van der Waals surface area contributed by atoms with Gasteiger partial charge < -0.3 is 14.6 Å². The van der Waals surface area contributed by atoms with Crippen LogP contribution in [0.4, 0.5) is 0 Å². The lowest BCUT2D eigenvalue weighted by Crippen LogP contribution is -2.34. The lowest BCUT2D eigenvalue weighted by molar-refractivity contribution is -0.137. The molecule has 27 heavy (non-hydrogen) atoms. The quantitative estimate of drug-likeness (QED) is 0.766. The van der Waals surface area contributed by atoms with E-state index in [0.29, 0.717) is 12.5 Å². The molecule has 1 atom stereocenters. The normalized spacial score (nSPS) is 17.8. The van der Waals surface area contributed by atoms with Gasteiger partial charge in [-0.25, -0.2) is 0 Å². The van der Waals surface area contributed by atoms with E-state index >= 15 is 0 Å². The number of hydrogen-bond donors (Lipinski definition) is 1. The molecule has 1 aromatic heterocycles. The molecule has 0 spiro atoms. The molecule has 3 rings (SSSR count). The van der Waals surface area contributed by atoms with Crippen LogP contribution in [-0.2, 0) is 29.2 Å². The Bertz CT molecular complexity index is 774. The molecule has 0 saturated carbocycles. The minimum atomic E-state index is -0.874. The van der Waals surface area contributed by atoms with E-state index in [1.807, 2.05) is 12.1 Å². The van der Waals surface area contributed by atoms with Crippen molar-refractivity contribution >= 4 is 5.97 Å². The molecular formula is C20H27N3O4. The summed E-state index contributed by atoms with van der Waals surface area (Å²) in [5.41, 5.74) is 3.27. The molecule has 1 unspecified atom stereocenters. The summed E-state index contributed by atoms with van der Waals surface area (Å²) in [6.45, 7) is 3.28. The number of hydrogen-bond acceptors (Lipinski definition) is 5.